The molecule has 5 heteroatoms. The predicted octanol–water partition coefficient (Wildman–Crippen LogP) is 4.16. The quantitative estimate of drug-likeness (QED) is 0.625. The Kier molecular flexibility index (Phi) is 4.73. The molecule has 0 aliphatic heterocycles. The molecule has 1 nitrogen and oxygen atoms in total. The van der Waals surface area contributed by atoms with E-state index in [1.54, 1.807) is 0 Å². The SMILES string of the molecule is CCCCCC(O)(c1ccc(F)cc1)C(F)(F)F. The summed E-state index contributed by atoms with van der Waals surface area (Å²) in [7, 11) is 0. The molecule has 0 spiro atoms. The van der Waals surface area contributed by atoms with Gasteiger partial charge in [-0.05, 0) is 30.5 Å². The normalized spacial score (nSPS) is 15.4. The highest BCUT2D eigenvalue weighted by molar-refractivity contribution is 5.24. The second-order valence-corrected chi connectivity index (χ2v) is 4.32. The first-order valence-corrected chi connectivity index (χ1v) is 5.86. The van der Waals surface area contributed by atoms with Crippen molar-refractivity contribution >= 4 is 0 Å². The number of unbranched alkanes of at least 4 members (excludes halogenated alkanes) is 2. The van der Waals surface area contributed by atoms with Crippen LogP contribution < -0.4 is 0 Å². The minimum absolute atomic E-state index is 0.268. The molecule has 1 aromatic carbocycles. The van der Waals surface area contributed by atoms with E-state index in [9.17, 15) is 22.7 Å². The van der Waals surface area contributed by atoms with Crippen LogP contribution in [-0.4, -0.2) is 11.3 Å². The molecule has 0 heterocycles. The zero-order chi connectivity index (χ0) is 13.8. The molecule has 0 radical (unpaired) electrons. The third-order valence-electron chi connectivity index (χ3n) is 2.93. The molecule has 0 bridgehead atoms. The average molecular weight is 264 g/mol. The van der Waals surface area contributed by atoms with Crippen LogP contribution in [0, 0.1) is 5.82 Å². The van der Waals surface area contributed by atoms with E-state index in [2.05, 4.69) is 0 Å². The van der Waals surface area contributed by atoms with Gasteiger partial charge in [0.1, 0.15) is 5.82 Å². The number of benzene rings is 1. The highest BCUT2D eigenvalue weighted by atomic mass is 19.4. The van der Waals surface area contributed by atoms with Crippen molar-refractivity contribution in [3.05, 3.63) is 35.6 Å². The van der Waals surface area contributed by atoms with Crippen molar-refractivity contribution in [2.24, 2.45) is 0 Å². The zero-order valence-corrected chi connectivity index (χ0v) is 10.1. The van der Waals surface area contributed by atoms with E-state index in [0.717, 1.165) is 30.7 Å². The summed E-state index contributed by atoms with van der Waals surface area (Å²) in [4.78, 5) is 0. The molecule has 102 valence electrons. The fourth-order valence-electron chi connectivity index (χ4n) is 1.81. The lowest BCUT2D eigenvalue weighted by Crippen LogP contribution is -2.42. The highest BCUT2D eigenvalue weighted by Gasteiger charge is 2.54. The maximum absolute atomic E-state index is 13.0. The van der Waals surface area contributed by atoms with E-state index in [1.807, 2.05) is 6.92 Å². The smallest absolute Gasteiger partial charge is 0.376 e. The van der Waals surface area contributed by atoms with Crippen molar-refractivity contribution in [3.8, 4) is 0 Å². The number of hydrogen-bond acceptors (Lipinski definition) is 1. The van der Waals surface area contributed by atoms with Crippen LogP contribution in [0.15, 0.2) is 24.3 Å². The van der Waals surface area contributed by atoms with Crippen LogP contribution in [0.5, 0.6) is 0 Å². The molecule has 1 N–H and O–H groups in total. The van der Waals surface area contributed by atoms with Crippen LogP contribution in [0.1, 0.15) is 38.2 Å². The van der Waals surface area contributed by atoms with E-state index in [0.29, 0.717) is 6.42 Å². The van der Waals surface area contributed by atoms with Gasteiger partial charge in [-0.3, -0.25) is 0 Å². The van der Waals surface area contributed by atoms with Gasteiger partial charge in [0.2, 0.25) is 0 Å². The summed E-state index contributed by atoms with van der Waals surface area (Å²) >= 11 is 0. The second kappa shape index (κ2) is 5.69. The molecule has 1 rings (SSSR count). The van der Waals surface area contributed by atoms with E-state index in [-0.39, 0.29) is 12.0 Å². The molecule has 1 unspecified atom stereocenters. The van der Waals surface area contributed by atoms with Gasteiger partial charge < -0.3 is 5.11 Å². The largest absolute Gasteiger partial charge is 0.421 e. The molecule has 18 heavy (non-hydrogen) atoms. The molecule has 0 aromatic heterocycles. The average Bonchev–Trinajstić information content (AvgIpc) is 2.28. The van der Waals surface area contributed by atoms with Gasteiger partial charge in [-0.25, -0.2) is 4.39 Å². The van der Waals surface area contributed by atoms with Gasteiger partial charge >= 0.3 is 6.18 Å². The number of halogens is 4. The summed E-state index contributed by atoms with van der Waals surface area (Å²) in [5, 5.41) is 9.89. The van der Waals surface area contributed by atoms with Crippen molar-refractivity contribution in [1.82, 2.24) is 0 Å². The maximum atomic E-state index is 13.0. The maximum Gasteiger partial charge on any atom is 0.421 e. The molecular weight excluding hydrogens is 248 g/mol. The summed E-state index contributed by atoms with van der Waals surface area (Å²) in [6.07, 6.45) is -3.53. The van der Waals surface area contributed by atoms with Crippen molar-refractivity contribution in [3.63, 3.8) is 0 Å². The monoisotopic (exact) mass is 264 g/mol. The van der Waals surface area contributed by atoms with Gasteiger partial charge in [0.25, 0.3) is 0 Å². The van der Waals surface area contributed by atoms with E-state index < -0.39 is 24.0 Å². The van der Waals surface area contributed by atoms with Crippen LogP contribution in [0.4, 0.5) is 17.6 Å². The molecule has 0 saturated carbocycles. The Balaban J connectivity index is 3.00. The summed E-state index contributed by atoms with van der Waals surface area (Å²) in [5.74, 6) is -0.628. The van der Waals surface area contributed by atoms with Gasteiger partial charge in [0, 0.05) is 0 Å². The zero-order valence-electron chi connectivity index (χ0n) is 10.1. The summed E-state index contributed by atoms with van der Waals surface area (Å²) in [6.45, 7) is 1.87. The van der Waals surface area contributed by atoms with E-state index in [1.165, 1.54) is 0 Å². The minimum atomic E-state index is -4.77. The first-order valence-electron chi connectivity index (χ1n) is 5.86. The van der Waals surface area contributed by atoms with Crippen molar-refractivity contribution in [2.45, 2.75) is 44.4 Å². The van der Waals surface area contributed by atoms with Crippen molar-refractivity contribution in [2.75, 3.05) is 0 Å². The van der Waals surface area contributed by atoms with Gasteiger partial charge in [0.05, 0.1) is 0 Å². The van der Waals surface area contributed by atoms with Gasteiger partial charge in [-0.2, -0.15) is 13.2 Å². The van der Waals surface area contributed by atoms with Gasteiger partial charge in [-0.15, -0.1) is 0 Å². The Labute approximate surface area is 103 Å². The van der Waals surface area contributed by atoms with Crippen LogP contribution in [-0.2, 0) is 5.60 Å². The fourth-order valence-corrected chi connectivity index (χ4v) is 1.81. The molecule has 1 aromatic rings. The van der Waals surface area contributed by atoms with Gasteiger partial charge in [-0.1, -0.05) is 31.9 Å². The molecule has 0 aliphatic rings. The Morgan fingerprint density at radius 3 is 2.06 bits per heavy atom. The first-order chi connectivity index (χ1) is 8.31. The molecule has 0 fully saturated rings. The van der Waals surface area contributed by atoms with Crippen molar-refractivity contribution < 1.29 is 22.7 Å². The lowest BCUT2D eigenvalue weighted by molar-refractivity contribution is -0.269. The molecule has 0 saturated heterocycles. The topological polar surface area (TPSA) is 20.2 Å². The summed E-state index contributed by atoms with van der Waals surface area (Å²) in [6, 6.07) is 3.81. The van der Waals surface area contributed by atoms with Crippen LogP contribution in [0.2, 0.25) is 0 Å². The summed E-state index contributed by atoms with van der Waals surface area (Å²) < 4.78 is 51.6. The lowest BCUT2D eigenvalue weighted by Gasteiger charge is -2.31. The Morgan fingerprint density at radius 1 is 1.06 bits per heavy atom. The fraction of sp³-hybridized carbons (Fsp3) is 0.538. The third-order valence-corrected chi connectivity index (χ3v) is 2.93. The molecular formula is C13H16F4O. The lowest BCUT2D eigenvalue weighted by atomic mass is 9.87. The highest BCUT2D eigenvalue weighted by Crippen LogP contribution is 2.42. The van der Waals surface area contributed by atoms with E-state index >= 15 is 0 Å². The van der Waals surface area contributed by atoms with Crippen molar-refractivity contribution in [1.29, 1.82) is 0 Å². The molecule has 0 amide bonds. The number of aliphatic hydroxyl groups is 1. The van der Waals surface area contributed by atoms with Crippen LogP contribution >= 0.6 is 0 Å². The predicted molar refractivity (Wildman–Crippen MR) is 60.5 cm³/mol. The first kappa shape index (κ1) is 15.0. The summed E-state index contributed by atoms with van der Waals surface area (Å²) in [5.41, 5.74) is -3.21. The molecule has 0 aliphatic carbocycles. The van der Waals surface area contributed by atoms with Gasteiger partial charge in [0.15, 0.2) is 5.60 Å². The van der Waals surface area contributed by atoms with Crippen LogP contribution in [0.3, 0.4) is 0 Å². The Hall–Kier alpha value is -1.10. The number of rotatable bonds is 5. The molecule has 1 atom stereocenters. The standard InChI is InChI=1S/C13H16F4O/c1-2-3-4-9-12(18,13(15,16)17)10-5-7-11(14)8-6-10/h5-8,18H,2-4,9H2,1H3. The minimum Gasteiger partial charge on any atom is -0.376 e. The third kappa shape index (κ3) is 3.22. The second-order valence-electron chi connectivity index (χ2n) is 4.32. The Morgan fingerprint density at radius 2 is 1.61 bits per heavy atom. The number of hydrogen-bond donors (Lipinski definition) is 1. The Bertz CT molecular complexity index is 372. The van der Waals surface area contributed by atoms with Crippen LogP contribution in [0.25, 0.3) is 0 Å². The van der Waals surface area contributed by atoms with E-state index in [4.69, 9.17) is 0 Å². The number of alkyl halides is 3.